The molecule has 19 nitrogen and oxygen atoms in total. The summed E-state index contributed by atoms with van der Waals surface area (Å²) in [5, 5.41) is 136. The van der Waals surface area contributed by atoms with Gasteiger partial charge in [0, 0.05) is 0 Å². The maximum absolute atomic E-state index is 10.9. The van der Waals surface area contributed by atoms with Gasteiger partial charge in [0.1, 0.15) is 79.4 Å². The van der Waals surface area contributed by atoms with Crippen LogP contribution in [0.25, 0.3) is 0 Å². The molecule has 4 aliphatic rings. The first-order chi connectivity index (χ1) is 20.7. The molecule has 0 aromatic carbocycles. The van der Waals surface area contributed by atoms with Crippen molar-refractivity contribution in [1.29, 1.82) is 0 Å². The van der Waals surface area contributed by atoms with E-state index in [1.165, 1.54) is 13.0 Å². The topological polar surface area (TPSA) is 321 Å². The quantitative estimate of drug-likeness (QED) is 0.103. The molecule has 19 atom stereocenters. The standard InChI is InChI=1S/C25H43NO18/c1-6-11(14(32)19(37)24(40-6)44-22-10(5-29)41-23(39)18(36)17(22)35)26-8-2-7(3-27)21(16(34)12(8)30)43-25-20(38)15(33)13(31)9(4-28)42-25/h2,6,8-39H,3-5H2,1H3/t6-,8+,9-,10-,11-,12+,13-,14+,15+,16-,17-,18-,19-,20-,21-,22-,23+,24-,25-/m1/s1. The Morgan fingerprint density at radius 3 is 1.86 bits per heavy atom. The van der Waals surface area contributed by atoms with Crippen LogP contribution in [0.5, 0.6) is 0 Å². The number of aliphatic hydroxyl groups excluding tert-OH is 13. The van der Waals surface area contributed by atoms with Gasteiger partial charge in [-0.15, -0.1) is 0 Å². The van der Waals surface area contributed by atoms with Gasteiger partial charge in [-0.25, -0.2) is 0 Å². The number of nitrogens with one attached hydrogen (secondary N) is 1. The molecule has 0 radical (unpaired) electrons. The summed E-state index contributed by atoms with van der Waals surface area (Å²) < 4.78 is 27.1. The van der Waals surface area contributed by atoms with Crippen LogP contribution in [-0.4, -0.2) is 203 Å². The van der Waals surface area contributed by atoms with Crippen LogP contribution in [0.2, 0.25) is 0 Å². The molecule has 0 saturated carbocycles. The molecule has 44 heavy (non-hydrogen) atoms. The van der Waals surface area contributed by atoms with Gasteiger partial charge in [0.05, 0.1) is 38.0 Å². The van der Waals surface area contributed by atoms with Gasteiger partial charge >= 0.3 is 0 Å². The highest BCUT2D eigenvalue weighted by Crippen LogP contribution is 2.32. The smallest absolute Gasteiger partial charge is 0.187 e. The Morgan fingerprint density at radius 1 is 0.636 bits per heavy atom. The van der Waals surface area contributed by atoms with E-state index in [0.29, 0.717) is 0 Å². The lowest BCUT2D eigenvalue weighted by molar-refractivity contribution is -0.345. The molecule has 3 heterocycles. The third kappa shape index (κ3) is 6.96. The van der Waals surface area contributed by atoms with Gasteiger partial charge in [-0.2, -0.15) is 0 Å². The predicted molar refractivity (Wildman–Crippen MR) is 138 cm³/mol. The minimum Gasteiger partial charge on any atom is -0.394 e. The van der Waals surface area contributed by atoms with E-state index in [1.54, 1.807) is 0 Å². The van der Waals surface area contributed by atoms with Gasteiger partial charge < -0.3 is 95.4 Å². The molecular formula is C25H43NO18. The maximum Gasteiger partial charge on any atom is 0.187 e. The SMILES string of the molecule is C[C@H]1O[C@H](O[C@H]2[C@H](O)[C@@H](O)[C@@H](O)O[C@@H]2CO)[C@H](O)[C@@H](O)[C@@H]1N[C@H]1C=C(CO)[C@@H](O[C@H]2O[C@H](CO)[C@@H](O)[C@H](O)[C@H]2O)[C@H](O)[C@H]1O. The summed E-state index contributed by atoms with van der Waals surface area (Å²) in [5.74, 6) is 0. The minimum atomic E-state index is -1.82. The van der Waals surface area contributed by atoms with E-state index < -0.39 is 136 Å². The van der Waals surface area contributed by atoms with Crippen molar-refractivity contribution in [3.63, 3.8) is 0 Å². The van der Waals surface area contributed by atoms with Gasteiger partial charge in [0.25, 0.3) is 0 Å². The largest absolute Gasteiger partial charge is 0.394 e. The first-order valence-corrected chi connectivity index (χ1v) is 14.1. The maximum atomic E-state index is 10.9. The van der Waals surface area contributed by atoms with E-state index in [9.17, 15) is 66.4 Å². The molecule has 0 aromatic heterocycles. The molecule has 0 unspecified atom stereocenters. The van der Waals surface area contributed by atoms with Crippen LogP contribution in [0.15, 0.2) is 11.6 Å². The average molecular weight is 646 g/mol. The summed E-state index contributed by atoms with van der Waals surface area (Å²) in [6.07, 6.45) is -26.2. The summed E-state index contributed by atoms with van der Waals surface area (Å²) in [6, 6.07) is -2.31. The van der Waals surface area contributed by atoms with E-state index in [2.05, 4.69) is 5.32 Å². The summed E-state index contributed by atoms with van der Waals surface area (Å²) in [7, 11) is 0. The Balaban J connectivity index is 1.44. The fraction of sp³-hybridized carbons (Fsp3) is 0.920. The van der Waals surface area contributed by atoms with Crippen molar-refractivity contribution >= 4 is 0 Å². The lowest BCUT2D eigenvalue weighted by Crippen LogP contribution is -2.68. The summed E-state index contributed by atoms with van der Waals surface area (Å²) >= 11 is 0. The molecule has 256 valence electrons. The van der Waals surface area contributed by atoms with Crippen LogP contribution < -0.4 is 5.32 Å². The molecule has 0 amide bonds. The highest BCUT2D eigenvalue weighted by Gasteiger charge is 2.52. The number of ether oxygens (including phenoxy) is 5. The highest BCUT2D eigenvalue weighted by atomic mass is 16.7. The van der Waals surface area contributed by atoms with Crippen LogP contribution in [0.1, 0.15) is 6.92 Å². The number of aliphatic hydroxyl groups is 13. The fourth-order valence-corrected chi connectivity index (χ4v) is 5.80. The Labute approximate surface area is 250 Å². The molecule has 0 aromatic rings. The Kier molecular flexibility index (Phi) is 12.1. The fourth-order valence-electron chi connectivity index (χ4n) is 5.80. The van der Waals surface area contributed by atoms with Crippen molar-refractivity contribution < 1.29 is 90.1 Å². The van der Waals surface area contributed by atoms with Crippen molar-refractivity contribution in [3.8, 4) is 0 Å². The second-order valence-electron chi connectivity index (χ2n) is 11.4. The van der Waals surface area contributed by atoms with Crippen LogP contribution in [0, 0.1) is 0 Å². The highest BCUT2D eigenvalue weighted by molar-refractivity contribution is 5.23. The van der Waals surface area contributed by atoms with Crippen LogP contribution in [0.3, 0.4) is 0 Å². The average Bonchev–Trinajstić information content (AvgIpc) is 3.00. The van der Waals surface area contributed by atoms with E-state index in [4.69, 9.17) is 23.7 Å². The molecule has 4 rings (SSSR count). The monoisotopic (exact) mass is 645 g/mol. The molecular weight excluding hydrogens is 602 g/mol. The van der Waals surface area contributed by atoms with Crippen LogP contribution in [-0.2, 0) is 23.7 Å². The first-order valence-electron chi connectivity index (χ1n) is 14.1. The third-order valence-corrected chi connectivity index (χ3v) is 8.47. The van der Waals surface area contributed by atoms with Crippen molar-refractivity contribution in [2.45, 2.75) is 123 Å². The molecule has 0 spiro atoms. The second kappa shape index (κ2) is 14.8. The normalized spacial score (nSPS) is 52.0. The lowest BCUT2D eigenvalue weighted by atomic mass is 9.86. The summed E-state index contributed by atoms with van der Waals surface area (Å²) in [4.78, 5) is 0. The predicted octanol–water partition coefficient (Wildman–Crippen LogP) is -8.56. The summed E-state index contributed by atoms with van der Waals surface area (Å²) in [5.41, 5.74) is -0.0139. The molecule has 3 aliphatic heterocycles. The zero-order chi connectivity index (χ0) is 32.6. The minimum absolute atomic E-state index is 0.0139. The molecule has 14 N–H and O–H groups in total. The van der Waals surface area contributed by atoms with Crippen LogP contribution in [0.4, 0.5) is 0 Å². The van der Waals surface area contributed by atoms with Gasteiger partial charge in [0.15, 0.2) is 18.9 Å². The zero-order valence-corrected chi connectivity index (χ0v) is 23.5. The molecule has 19 heteroatoms. The van der Waals surface area contributed by atoms with Gasteiger partial charge in [-0.3, -0.25) is 0 Å². The molecule has 1 aliphatic carbocycles. The van der Waals surface area contributed by atoms with Crippen molar-refractivity contribution in [1.82, 2.24) is 5.32 Å². The van der Waals surface area contributed by atoms with Crippen molar-refractivity contribution in [3.05, 3.63) is 11.6 Å². The third-order valence-electron chi connectivity index (χ3n) is 8.47. The number of hydrogen-bond acceptors (Lipinski definition) is 19. The number of rotatable bonds is 9. The van der Waals surface area contributed by atoms with Gasteiger partial charge in [0.2, 0.25) is 0 Å². The van der Waals surface area contributed by atoms with E-state index >= 15 is 0 Å². The molecule has 3 saturated heterocycles. The van der Waals surface area contributed by atoms with Gasteiger partial charge in [-0.05, 0) is 12.5 Å². The number of hydrogen-bond donors (Lipinski definition) is 14. The first kappa shape index (κ1) is 35.8. The molecule has 0 bridgehead atoms. The summed E-state index contributed by atoms with van der Waals surface area (Å²) in [6.45, 7) is -0.731. The van der Waals surface area contributed by atoms with E-state index in [0.717, 1.165) is 0 Å². The van der Waals surface area contributed by atoms with Gasteiger partial charge in [-0.1, -0.05) is 6.08 Å². The second-order valence-corrected chi connectivity index (χ2v) is 11.4. The zero-order valence-electron chi connectivity index (χ0n) is 23.5. The Morgan fingerprint density at radius 2 is 1.25 bits per heavy atom. The van der Waals surface area contributed by atoms with Crippen LogP contribution >= 0.6 is 0 Å². The van der Waals surface area contributed by atoms with Crippen molar-refractivity contribution in [2.75, 3.05) is 19.8 Å². The Hall–Kier alpha value is -1.02. The van der Waals surface area contributed by atoms with E-state index in [1.807, 2.05) is 0 Å². The lowest BCUT2D eigenvalue weighted by Gasteiger charge is -2.47. The van der Waals surface area contributed by atoms with E-state index in [-0.39, 0.29) is 5.57 Å². The molecule has 3 fully saturated rings. The Bertz CT molecular complexity index is 958. The van der Waals surface area contributed by atoms with Crippen molar-refractivity contribution in [2.24, 2.45) is 0 Å².